The fourth-order valence-electron chi connectivity index (χ4n) is 1.19. The number of amides is 2. The van der Waals surface area contributed by atoms with Crippen LogP contribution in [0.5, 0.6) is 5.75 Å². The monoisotopic (exact) mass is 267 g/mol. The third kappa shape index (κ3) is 3.70. The van der Waals surface area contributed by atoms with Crippen molar-refractivity contribution in [1.29, 1.82) is 0 Å². The van der Waals surface area contributed by atoms with Crippen molar-refractivity contribution in [3.63, 3.8) is 0 Å². The lowest BCUT2D eigenvalue weighted by atomic mass is 10.3. The maximum atomic E-state index is 11.7. The number of hydrogen-bond acceptors (Lipinski definition) is 4. The molecule has 0 aliphatic heterocycles. The highest BCUT2D eigenvalue weighted by atomic mass is 32.1. The number of phenols is 1. The zero-order valence-corrected chi connectivity index (χ0v) is 10.5. The first-order chi connectivity index (χ1) is 8.41. The lowest BCUT2D eigenvalue weighted by molar-refractivity contribution is -0.137. The summed E-state index contributed by atoms with van der Waals surface area (Å²) in [7, 11) is 1.45. The van der Waals surface area contributed by atoms with Gasteiger partial charge in [0.15, 0.2) is 0 Å². The first kappa shape index (κ1) is 13.9. The van der Waals surface area contributed by atoms with Gasteiger partial charge < -0.3 is 21.1 Å². The molecule has 0 aromatic heterocycles. The van der Waals surface area contributed by atoms with E-state index < -0.39 is 11.8 Å². The van der Waals surface area contributed by atoms with Crippen molar-refractivity contribution in [1.82, 2.24) is 5.32 Å². The highest BCUT2D eigenvalue weighted by Crippen LogP contribution is 2.17. The van der Waals surface area contributed by atoms with Crippen molar-refractivity contribution in [2.24, 2.45) is 5.73 Å². The molecule has 18 heavy (non-hydrogen) atoms. The average Bonchev–Trinajstić information content (AvgIpc) is 2.35. The summed E-state index contributed by atoms with van der Waals surface area (Å²) in [5.41, 5.74) is 5.70. The molecule has 0 bridgehead atoms. The van der Waals surface area contributed by atoms with Crippen molar-refractivity contribution in [2.45, 2.75) is 0 Å². The predicted molar refractivity (Wildman–Crippen MR) is 71.3 cm³/mol. The fourth-order valence-corrected chi connectivity index (χ4v) is 1.26. The Morgan fingerprint density at radius 3 is 2.44 bits per heavy atom. The molecule has 96 valence electrons. The molecule has 4 N–H and O–H groups in total. The van der Waals surface area contributed by atoms with Crippen LogP contribution in [0.2, 0.25) is 0 Å². The summed E-state index contributed by atoms with van der Waals surface area (Å²) in [5.74, 6) is -1.45. The van der Waals surface area contributed by atoms with Crippen LogP contribution >= 0.6 is 12.2 Å². The van der Waals surface area contributed by atoms with E-state index in [1.807, 2.05) is 0 Å². The van der Waals surface area contributed by atoms with Crippen molar-refractivity contribution in [3.8, 4) is 5.75 Å². The molecular formula is C11H13N3O3S. The van der Waals surface area contributed by atoms with Gasteiger partial charge in [-0.15, -0.1) is 0 Å². The average molecular weight is 267 g/mol. The zero-order valence-electron chi connectivity index (χ0n) is 9.71. The van der Waals surface area contributed by atoms with Crippen LogP contribution in [-0.4, -0.2) is 35.5 Å². The van der Waals surface area contributed by atoms with Gasteiger partial charge in [-0.2, -0.15) is 0 Å². The number of likely N-dealkylation sites (N-methyl/N-ethyl adjacent to an activating group) is 1. The van der Waals surface area contributed by atoms with Crippen molar-refractivity contribution < 1.29 is 14.7 Å². The second kappa shape index (κ2) is 5.97. The summed E-state index contributed by atoms with van der Waals surface area (Å²) in [6, 6.07) is 5.89. The van der Waals surface area contributed by atoms with Crippen LogP contribution in [-0.2, 0) is 9.59 Å². The Labute approximate surface area is 109 Å². The van der Waals surface area contributed by atoms with Crippen molar-refractivity contribution in [3.05, 3.63) is 24.3 Å². The first-order valence-electron chi connectivity index (χ1n) is 5.05. The van der Waals surface area contributed by atoms with E-state index in [0.29, 0.717) is 5.69 Å². The standard InChI is InChI=1S/C11H13N3O3S/c1-14(7-2-4-8(15)5-3-7)11(17)10(16)13-6-9(12)18/h2-5,15H,6H2,1H3,(H2,12,18)(H,13,16). The molecule has 0 radical (unpaired) electrons. The van der Waals surface area contributed by atoms with Crippen LogP contribution in [0.3, 0.4) is 0 Å². The third-order valence-electron chi connectivity index (χ3n) is 2.16. The van der Waals surface area contributed by atoms with Crippen molar-refractivity contribution in [2.75, 3.05) is 18.5 Å². The number of nitrogens with two attached hydrogens (primary N) is 1. The Bertz CT molecular complexity index is 473. The molecule has 0 unspecified atom stereocenters. The smallest absolute Gasteiger partial charge is 0.316 e. The molecule has 1 aromatic carbocycles. The number of thiocarbonyl (C=S) groups is 1. The molecule has 0 saturated carbocycles. The quantitative estimate of drug-likeness (QED) is 0.519. The summed E-state index contributed by atoms with van der Waals surface area (Å²) in [6.07, 6.45) is 0. The first-order valence-corrected chi connectivity index (χ1v) is 5.46. The van der Waals surface area contributed by atoms with E-state index in [9.17, 15) is 9.59 Å². The molecule has 0 spiro atoms. The fraction of sp³-hybridized carbons (Fsp3) is 0.182. The van der Waals surface area contributed by atoms with Crippen LogP contribution in [0, 0.1) is 0 Å². The van der Waals surface area contributed by atoms with E-state index in [0.717, 1.165) is 4.90 Å². The number of phenolic OH excluding ortho intramolecular Hbond substituents is 1. The van der Waals surface area contributed by atoms with Gasteiger partial charge in [0.1, 0.15) is 5.75 Å². The van der Waals surface area contributed by atoms with Crippen LogP contribution in [0.25, 0.3) is 0 Å². The Balaban J connectivity index is 2.68. The van der Waals surface area contributed by atoms with E-state index >= 15 is 0 Å². The molecule has 0 heterocycles. The lowest BCUT2D eigenvalue weighted by Crippen LogP contribution is -2.43. The highest BCUT2D eigenvalue weighted by Gasteiger charge is 2.19. The van der Waals surface area contributed by atoms with Gasteiger partial charge in [-0.1, -0.05) is 12.2 Å². The minimum atomic E-state index is -0.793. The molecule has 0 fully saturated rings. The van der Waals surface area contributed by atoms with Gasteiger partial charge in [-0.25, -0.2) is 0 Å². The molecule has 0 aliphatic rings. The molecule has 0 atom stereocenters. The SMILES string of the molecule is CN(C(=O)C(=O)NCC(N)=S)c1ccc(O)cc1. The largest absolute Gasteiger partial charge is 0.508 e. The van der Waals surface area contributed by atoms with Crippen LogP contribution < -0.4 is 16.0 Å². The van der Waals surface area contributed by atoms with Gasteiger partial charge >= 0.3 is 11.8 Å². The second-order valence-electron chi connectivity index (χ2n) is 3.53. The van der Waals surface area contributed by atoms with Crippen LogP contribution in [0.15, 0.2) is 24.3 Å². The molecule has 6 nitrogen and oxygen atoms in total. The van der Waals surface area contributed by atoms with Crippen molar-refractivity contribution >= 4 is 34.7 Å². The molecule has 0 saturated heterocycles. The highest BCUT2D eigenvalue weighted by molar-refractivity contribution is 7.80. The van der Waals surface area contributed by atoms with E-state index in [-0.39, 0.29) is 17.3 Å². The minimum Gasteiger partial charge on any atom is -0.508 e. The number of hydrogen-bond donors (Lipinski definition) is 3. The Morgan fingerprint density at radius 2 is 1.94 bits per heavy atom. The topological polar surface area (TPSA) is 95.7 Å². The van der Waals surface area contributed by atoms with E-state index in [2.05, 4.69) is 17.5 Å². The van der Waals surface area contributed by atoms with E-state index in [1.165, 1.54) is 31.3 Å². The molecule has 7 heteroatoms. The molecular weight excluding hydrogens is 254 g/mol. The van der Waals surface area contributed by atoms with Gasteiger partial charge in [0.2, 0.25) is 0 Å². The predicted octanol–water partition coefficient (Wildman–Crippen LogP) is -0.243. The number of carbonyl (C=O) groups excluding carboxylic acids is 2. The Morgan fingerprint density at radius 1 is 1.39 bits per heavy atom. The van der Waals surface area contributed by atoms with E-state index in [1.54, 1.807) is 0 Å². The molecule has 1 rings (SSSR count). The molecule has 2 amide bonds. The summed E-state index contributed by atoms with van der Waals surface area (Å²) in [6.45, 7) is -0.0245. The van der Waals surface area contributed by atoms with Crippen LogP contribution in [0.4, 0.5) is 5.69 Å². The summed E-state index contributed by atoms with van der Waals surface area (Å²) in [5, 5.41) is 11.4. The number of carbonyl (C=O) groups is 2. The summed E-state index contributed by atoms with van der Waals surface area (Å²) in [4.78, 5) is 24.4. The minimum absolute atomic E-state index is 0.0245. The third-order valence-corrected chi connectivity index (χ3v) is 2.30. The Hall–Kier alpha value is -2.15. The van der Waals surface area contributed by atoms with Gasteiger partial charge in [0.25, 0.3) is 0 Å². The van der Waals surface area contributed by atoms with Crippen LogP contribution in [0.1, 0.15) is 0 Å². The van der Waals surface area contributed by atoms with Gasteiger partial charge in [0, 0.05) is 12.7 Å². The summed E-state index contributed by atoms with van der Waals surface area (Å²) >= 11 is 4.58. The number of nitrogens with zero attached hydrogens (tertiary/aromatic N) is 1. The number of aromatic hydroxyl groups is 1. The maximum Gasteiger partial charge on any atom is 0.316 e. The summed E-state index contributed by atoms with van der Waals surface area (Å²) < 4.78 is 0. The van der Waals surface area contributed by atoms with Gasteiger partial charge in [-0.05, 0) is 24.3 Å². The van der Waals surface area contributed by atoms with E-state index in [4.69, 9.17) is 10.8 Å². The Kier molecular flexibility index (Phi) is 4.61. The number of nitrogens with one attached hydrogen (secondary N) is 1. The number of anilines is 1. The number of rotatable bonds is 3. The maximum absolute atomic E-state index is 11.7. The second-order valence-corrected chi connectivity index (χ2v) is 4.05. The lowest BCUT2D eigenvalue weighted by Gasteiger charge is -2.16. The van der Waals surface area contributed by atoms with Gasteiger partial charge in [0.05, 0.1) is 11.5 Å². The zero-order chi connectivity index (χ0) is 13.7. The molecule has 1 aromatic rings. The number of benzene rings is 1. The normalized spacial score (nSPS) is 9.61. The van der Waals surface area contributed by atoms with Gasteiger partial charge in [-0.3, -0.25) is 9.59 Å². The molecule has 0 aliphatic carbocycles.